The first kappa shape index (κ1) is 17.1. The monoisotopic (exact) mass is 328 g/mol. The van der Waals surface area contributed by atoms with Gasteiger partial charge < -0.3 is 8.85 Å². The molecular weight excluding hydrogens is 313 g/mol. The van der Waals surface area contributed by atoms with Crippen molar-refractivity contribution in [2.45, 2.75) is 17.8 Å². The minimum atomic E-state index is -5.24. The fourth-order valence-electron chi connectivity index (χ4n) is 1.52. The summed E-state index contributed by atoms with van der Waals surface area (Å²) in [5.74, 6) is -1.07. The second-order valence-corrected chi connectivity index (χ2v) is 9.52. The normalized spacial score (nSPS) is 13.5. The van der Waals surface area contributed by atoms with Crippen LogP contribution in [-0.4, -0.2) is 36.7 Å². The molecule has 0 N–H and O–H groups in total. The Morgan fingerprint density at radius 1 is 1.10 bits per heavy atom. The number of alkyl halides is 3. The summed E-state index contributed by atoms with van der Waals surface area (Å²) in [6.07, 6.45) is 0. The molecule has 0 aromatic heterocycles. The summed E-state index contributed by atoms with van der Waals surface area (Å²) in [6.45, 7) is 1.77. The number of sulfone groups is 1. The fourth-order valence-corrected chi connectivity index (χ4v) is 3.73. The van der Waals surface area contributed by atoms with Gasteiger partial charge in [-0.05, 0) is 17.3 Å². The Kier molecular flexibility index (Phi) is 5.01. The summed E-state index contributed by atoms with van der Waals surface area (Å²) < 4.78 is 69.5. The molecule has 0 saturated carbocycles. The molecule has 4 nitrogen and oxygen atoms in total. The third-order valence-electron chi connectivity index (χ3n) is 2.97. The largest absolute Gasteiger partial charge is 0.497 e. The maximum Gasteiger partial charge on any atom is 0.497 e. The van der Waals surface area contributed by atoms with E-state index in [0.29, 0.717) is 5.19 Å². The molecule has 0 aliphatic rings. The number of halogens is 3. The summed E-state index contributed by atoms with van der Waals surface area (Å²) in [4.78, 5) is 0. The lowest BCUT2D eigenvalue weighted by atomic mass is 10.2. The van der Waals surface area contributed by atoms with E-state index in [0.717, 1.165) is 0 Å². The highest BCUT2D eigenvalue weighted by Gasteiger charge is 2.45. The van der Waals surface area contributed by atoms with Crippen LogP contribution in [-0.2, 0) is 24.4 Å². The van der Waals surface area contributed by atoms with E-state index in [1.54, 1.807) is 6.55 Å². The van der Waals surface area contributed by atoms with E-state index in [1.165, 1.54) is 38.5 Å². The van der Waals surface area contributed by atoms with Crippen LogP contribution in [0.4, 0.5) is 13.2 Å². The predicted molar refractivity (Wildman–Crippen MR) is 70.4 cm³/mol. The van der Waals surface area contributed by atoms with Crippen LogP contribution in [0.2, 0.25) is 6.55 Å². The molecule has 0 fully saturated rings. The van der Waals surface area contributed by atoms with Crippen LogP contribution in [0.3, 0.4) is 0 Å². The third-order valence-corrected chi connectivity index (χ3v) is 7.33. The molecule has 1 aromatic carbocycles. The van der Waals surface area contributed by atoms with E-state index in [1.807, 2.05) is 0 Å². The maximum atomic E-state index is 12.3. The van der Waals surface area contributed by atoms with Gasteiger partial charge in [-0.3, -0.25) is 0 Å². The molecular formula is C11H15F3O4SSi. The van der Waals surface area contributed by atoms with Gasteiger partial charge in [-0.1, -0.05) is 24.3 Å². The van der Waals surface area contributed by atoms with Crippen LogP contribution in [0.1, 0.15) is 5.56 Å². The van der Waals surface area contributed by atoms with Gasteiger partial charge in [-0.25, -0.2) is 8.42 Å². The van der Waals surface area contributed by atoms with Crippen molar-refractivity contribution >= 4 is 23.6 Å². The first-order valence-corrected chi connectivity index (χ1v) is 9.51. The van der Waals surface area contributed by atoms with E-state index in [2.05, 4.69) is 0 Å². The summed E-state index contributed by atoms with van der Waals surface area (Å²) >= 11 is 0. The predicted octanol–water partition coefficient (Wildman–Crippen LogP) is 1.69. The van der Waals surface area contributed by atoms with E-state index in [-0.39, 0.29) is 5.56 Å². The lowest BCUT2D eigenvalue weighted by Crippen LogP contribution is -2.49. The van der Waals surface area contributed by atoms with E-state index >= 15 is 0 Å². The topological polar surface area (TPSA) is 52.6 Å². The van der Waals surface area contributed by atoms with Gasteiger partial charge in [0.25, 0.3) is 9.84 Å². The Bertz CT molecular complexity index is 550. The summed E-state index contributed by atoms with van der Waals surface area (Å²) in [5, 5.41) is 0.704. The van der Waals surface area contributed by atoms with Gasteiger partial charge in [0.15, 0.2) is 0 Å². The van der Waals surface area contributed by atoms with Gasteiger partial charge in [0.1, 0.15) is 0 Å². The summed E-state index contributed by atoms with van der Waals surface area (Å²) in [6, 6.07) is 5.73. The van der Waals surface area contributed by atoms with Gasteiger partial charge in [0.05, 0.1) is 5.75 Å². The van der Waals surface area contributed by atoms with Gasteiger partial charge in [-0.2, -0.15) is 13.2 Å². The number of hydrogen-bond donors (Lipinski definition) is 0. The summed E-state index contributed by atoms with van der Waals surface area (Å²) in [5.41, 5.74) is -5.18. The molecule has 0 amide bonds. The second-order valence-electron chi connectivity index (χ2n) is 4.26. The minimum absolute atomic E-state index is 0.0645. The Labute approximate surface area is 116 Å². The van der Waals surface area contributed by atoms with Crippen molar-refractivity contribution in [3.63, 3.8) is 0 Å². The van der Waals surface area contributed by atoms with Crippen LogP contribution >= 0.6 is 0 Å². The molecule has 1 aromatic rings. The zero-order valence-corrected chi connectivity index (χ0v) is 13.0. The highest BCUT2D eigenvalue weighted by Crippen LogP contribution is 2.26. The third kappa shape index (κ3) is 3.60. The Hall–Kier alpha value is -0.903. The molecule has 0 spiro atoms. The zero-order valence-electron chi connectivity index (χ0n) is 11.2. The molecule has 0 radical (unpaired) electrons. The average Bonchev–Trinajstić information content (AvgIpc) is 2.37. The Morgan fingerprint density at radius 2 is 1.55 bits per heavy atom. The van der Waals surface area contributed by atoms with Crippen molar-refractivity contribution in [1.82, 2.24) is 0 Å². The molecule has 0 saturated heterocycles. The molecule has 0 atom stereocenters. The average molecular weight is 328 g/mol. The number of rotatable bonds is 5. The smallest absolute Gasteiger partial charge is 0.394 e. The van der Waals surface area contributed by atoms with Gasteiger partial charge in [-0.15, -0.1) is 0 Å². The Morgan fingerprint density at radius 3 is 1.90 bits per heavy atom. The second kappa shape index (κ2) is 5.84. The molecule has 0 aliphatic heterocycles. The molecule has 9 heteroatoms. The van der Waals surface area contributed by atoms with Gasteiger partial charge in [0.2, 0.25) is 0 Å². The molecule has 0 bridgehead atoms. The first-order valence-electron chi connectivity index (χ1n) is 5.54. The fraction of sp³-hybridized carbons (Fsp3) is 0.455. The molecule has 0 aliphatic carbocycles. The van der Waals surface area contributed by atoms with Crippen molar-refractivity contribution in [1.29, 1.82) is 0 Å². The standard InChI is InChI=1S/C11H15F3O4SSi/c1-17-20(3,18-2)10-6-4-9(5-7-10)8-19(15,16)11(12,13)14/h4-7H,8H2,1-3H3. The molecule has 20 heavy (non-hydrogen) atoms. The quantitative estimate of drug-likeness (QED) is 0.772. The highest BCUT2D eigenvalue weighted by atomic mass is 32.2. The van der Waals surface area contributed by atoms with E-state index in [9.17, 15) is 21.6 Å². The van der Waals surface area contributed by atoms with Crippen LogP contribution in [0, 0.1) is 0 Å². The van der Waals surface area contributed by atoms with E-state index in [4.69, 9.17) is 8.85 Å². The zero-order chi connectivity index (χ0) is 15.6. The Balaban J connectivity index is 2.99. The van der Waals surface area contributed by atoms with Crippen molar-refractivity contribution < 1.29 is 30.4 Å². The highest BCUT2D eigenvalue weighted by molar-refractivity contribution is 7.91. The number of benzene rings is 1. The van der Waals surface area contributed by atoms with Crippen LogP contribution < -0.4 is 5.19 Å². The lowest BCUT2D eigenvalue weighted by molar-refractivity contribution is -0.0437. The minimum Gasteiger partial charge on any atom is -0.394 e. The van der Waals surface area contributed by atoms with Crippen molar-refractivity contribution in [2.75, 3.05) is 14.2 Å². The van der Waals surface area contributed by atoms with Crippen LogP contribution in [0.5, 0.6) is 0 Å². The maximum absolute atomic E-state index is 12.3. The molecule has 0 unspecified atom stereocenters. The van der Waals surface area contributed by atoms with Gasteiger partial charge >= 0.3 is 14.1 Å². The van der Waals surface area contributed by atoms with Crippen molar-refractivity contribution in [3.8, 4) is 0 Å². The number of hydrogen-bond acceptors (Lipinski definition) is 4. The first-order chi connectivity index (χ1) is 9.05. The molecule has 0 heterocycles. The van der Waals surface area contributed by atoms with Crippen molar-refractivity contribution in [3.05, 3.63) is 29.8 Å². The van der Waals surface area contributed by atoms with E-state index < -0.39 is 29.7 Å². The summed E-state index contributed by atoms with van der Waals surface area (Å²) in [7, 11) is -4.76. The van der Waals surface area contributed by atoms with Crippen molar-refractivity contribution in [2.24, 2.45) is 0 Å². The molecule has 1 rings (SSSR count). The molecule has 114 valence electrons. The van der Waals surface area contributed by atoms with Crippen LogP contribution in [0.25, 0.3) is 0 Å². The van der Waals surface area contributed by atoms with Gasteiger partial charge in [0, 0.05) is 14.2 Å². The van der Waals surface area contributed by atoms with Crippen LogP contribution in [0.15, 0.2) is 24.3 Å². The SMILES string of the molecule is CO[Si](C)(OC)c1ccc(CS(=O)(=O)C(F)(F)F)cc1. The lowest BCUT2D eigenvalue weighted by Gasteiger charge is -2.23.